The lowest BCUT2D eigenvalue weighted by molar-refractivity contribution is 0.354. The second-order valence-electron chi connectivity index (χ2n) is 8.78. The van der Waals surface area contributed by atoms with Gasteiger partial charge in [-0.05, 0) is 43.9 Å². The zero-order valence-electron chi connectivity index (χ0n) is 17.5. The van der Waals surface area contributed by atoms with Crippen molar-refractivity contribution in [2.24, 2.45) is 7.05 Å². The first-order valence-electron chi connectivity index (χ1n) is 10.7. The number of nitrogens with one attached hydrogen (secondary N) is 1. The number of nitriles is 1. The van der Waals surface area contributed by atoms with E-state index >= 15 is 0 Å². The van der Waals surface area contributed by atoms with Crippen LogP contribution in [0.25, 0.3) is 32.4 Å². The smallest absolute Gasteiger partial charge is 0.186 e. The van der Waals surface area contributed by atoms with Crippen LogP contribution >= 0.6 is 11.3 Å². The van der Waals surface area contributed by atoms with Crippen molar-refractivity contribution in [1.29, 1.82) is 5.26 Å². The van der Waals surface area contributed by atoms with Crippen molar-refractivity contribution in [2.45, 2.75) is 43.8 Å². The Hall–Kier alpha value is -3.02. The molecule has 0 spiro atoms. The number of nitrogens with zero attached hydrogens (tertiary/aromatic N) is 6. The van der Waals surface area contributed by atoms with Crippen molar-refractivity contribution in [1.82, 2.24) is 25.1 Å². The minimum atomic E-state index is 0.540. The Morgan fingerprint density at radius 2 is 2.03 bits per heavy atom. The summed E-state index contributed by atoms with van der Waals surface area (Å²) in [6.45, 7) is 0. The first kappa shape index (κ1) is 18.7. The van der Waals surface area contributed by atoms with Gasteiger partial charge in [0.15, 0.2) is 5.13 Å². The molecular weight excluding hydrogens is 406 g/mol. The minimum absolute atomic E-state index is 0.540. The van der Waals surface area contributed by atoms with E-state index < -0.39 is 0 Å². The van der Waals surface area contributed by atoms with Gasteiger partial charge in [0.1, 0.15) is 17.1 Å². The van der Waals surface area contributed by atoms with Gasteiger partial charge in [-0.3, -0.25) is 9.67 Å². The second kappa shape index (κ2) is 7.01. The van der Waals surface area contributed by atoms with Gasteiger partial charge in [-0.15, -0.1) is 0 Å². The molecule has 2 aliphatic rings. The maximum atomic E-state index is 9.58. The fraction of sp³-hybridized carbons (Fsp3) is 0.391. The molecule has 5 heterocycles. The Labute approximate surface area is 184 Å². The molecule has 2 atom stereocenters. The van der Waals surface area contributed by atoms with Gasteiger partial charge in [-0.25, -0.2) is 4.98 Å². The van der Waals surface area contributed by atoms with Gasteiger partial charge in [0.05, 0.1) is 22.2 Å². The highest BCUT2D eigenvalue weighted by Crippen LogP contribution is 2.36. The van der Waals surface area contributed by atoms with Crippen LogP contribution in [-0.4, -0.2) is 44.9 Å². The van der Waals surface area contributed by atoms with Crippen LogP contribution in [0.2, 0.25) is 0 Å². The molecule has 2 fully saturated rings. The second-order valence-corrected chi connectivity index (χ2v) is 9.79. The fourth-order valence-corrected chi connectivity index (χ4v) is 6.12. The van der Waals surface area contributed by atoms with E-state index in [1.54, 1.807) is 16.0 Å². The summed E-state index contributed by atoms with van der Waals surface area (Å²) in [5.74, 6) is 0. The van der Waals surface area contributed by atoms with Crippen molar-refractivity contribution < 1.29 is 0 Å². The molecular formula is C23H23N7S. The maximum absolute atomic E-state index is 9.58. The van der Waals surface area contributed by atoms with Gasteiger partial charge in [0.25, 0.3) is 0 Å². The third-order valence-corrected chi connectivity index (χ3v) is 7.81. The lowest BCUT2D eigenvalue weighted by Crippen LogP contribution is -2.47. The van der Waals surface area contributed by atoms with E-state index in [1.807, 2.05) is 25.5 Å². The molecule has 2 aliphatic heterocycles. The van der Waals surface area contributed by atoms with Crippen LogP contribution in [0.1, 0.15) is 31.2 Å². The van der Waals surface area contributed by atoms with Crippen LogP contribution in [0.4, 0.5) is 5.13 Å². The highest BCUT2D eigenvalue weighted by atomic mass is 32.1. The van der Waals surface area contributed by atoms with Crippen LogP contribution in [0, 0.1) is 11.3 Å². The number of rotatable bonds is 3. The van der Waals surface area contributed by atoms with Crippen LogP contribution in [-0.2, 0) is 7.05 Å². The molecule has 31 heavy (non-hydrogen) atoms. The predicted octanol–water partition coefficient (Wildman–Crippen LogP) is 3.84. The number of piperidine rings is 1. The van der Waals surface area contributed by atoms with Gasteiger partial charge in [-0.1, -0.05) is 11.3 Å². The highest BCUT2D eigenvalue weighted by molar-refractivity contribution is 7.22. The molecule has 0 radical (unpaired) electrons. The van der Waals surface area contributed by atoms with Gasteiger partial charge in [0, 0.05) is 49.4 Å². The molecule has 8 heteroatoms. The molecule has 2 unspecified atom stereocenters. The van der Waals surface area contributed by atoms with E-state index in [2.05, 4.69) is 45.5 Å². The SMILES string of the molecule is CN(c1nc2cnc(-c3cc(C#N)c4nn(C)cc4c3)cc2s1)C1CC2CCC(C1)N2. The van der Waals surface area contributed by atoms with E-state index in [9.17, 15) is 5.26 Å². The largest absolute Gasteiger partial charge is 0.348 e. The number of anilines is 1. The summed E-state index contributed by atoms with van der Waals surface area (Å²) in [6, 6.07) is 10.2. The third-order valence-electron chi connectivity index (χ3n) is 6.70. The summed E-state index contributed by atoms with van der Waals surface area (Å²) >= 11 is 1.72. The fourth-order valence-electron chi connectivity index (χ4n) is 5.12. The van der Waals surface area contributed by atoms with E-state index in [1.165, 1.54) is 25.7 Å². The normalized spacial score (nSPS) is 22.8. The third kappa shape index (κ3) is 3.16. The predicted molar refractivity (Wildman–Crippen MR) is 123 cm³/mol. The van der Waals surface area contributed by atoms with Crippen molar-refractivity contribution >= 4 is 37.6 Å². The van der Waals surface area contributed by atoms with Crippen molar-refractivity contribution in [3.63, 3.8) is 0 Å². The monoisotopic (exact) mass is 429 g/mol. The Balaban J connectivity index is 1.35. The molecule has 6 rings (SSSR count). The van der Waals surface area contributed by atoms with Crippen molar-refractivity contribution in [3.8, 4) is 17.3 Å². The number of benzene rings is 1. The van der Waals surface area contributed by atoms with E-state index in [-0.39, 0.29) is 0 Å². The average molecular weight is 430 g/mol. The molecule has 0 aliphatic carbocycles. The van der Waals surface area contributed by atoms with E-state index in [4.69, 9.17) is 4.98 Å². The highest BCUT2D eigenvalue weighted by Gasteiger charge is 2.35. The molecule has 7 nitrogen and oxygen atoms in total. The molecule has 0 saturated carbocycles. The topological polar surface area (TPSA) is 82.7 Å². The van der Waals surface area contributed by atoms with Crippen LogP contribution < -0.4 is 10.2 Å². The van der Waals surface area contributed by atoms with Gasteiger partial charge in [0.2, 0.25) is 0 Å². The number of hydrogen-bond donors (Lipinski definition) is 1. The first-order chi connectivity index (χ1) is 15.1. The molecule has 156 valence electrons. The van der Waals surface area contributed by atoms with Gasteiger partial charge < -0.3 is 10.2 Å². The van der Waals surface area contributed by atoms with Crippen molar-refractivity contribution in [3.05, 3.63) is 36.2 Å². The lowest BCUT2D eigenvalue weighted by Gasteiger charge is -2.35. The summed E-state index contributed by atoms with van der Waals surface area (Å²) in [6.07, 6.45) is 8.76. The summed E-state index contributed by atoms with van der Waals surface area (Å²) in [5.41, 5.74) is 4.01. The number of aromatic nitrogens is 4. The van der Waals surface area contributed by atoms with Crippen LogP contribution in [0.5, 0.6) is 0 Å². The van der Waals surface area contributed by atoms with Crippen LogP contribution in [0.15, 0.2) is 30.6 Å². The Bertz CT molecular complexity index is 1340. The first-order valence-corrected chi connectivity index (χ1v) is 11.5. The molecule has 1 aromatic carbocycles. The lowest BCUT2D eigenvalue weighted by atomic mass is 9.99. The number of hydrogen-bond acceptors (Lipinski definition) is 7. The maximum Gasteiger partial charge on any atom is 0.186 e. The molecule has 3 aromatic heterocycles. The van der Waals surface area contributed by atoms with Gasteiger partial charge >= 0.3 is 0 Å². The summed E-state index contributed by atoms with van der Waals surface area (Å²) in [4.78, 5) is 11.9. The Kier molecular flexibility index (Phi) is 4.23. The Morgan fingerprint density at radius 1 is 1.23 bits per heavy atom. The van der Waals surface area contributed by atoms with Crippen LogP contribution in [0.3, 0.4) is 0 Å². The zero-order valence-corrected chi connectivity index (χ0v) is 18.4. The number of pyridine rings is 1. The van der Waals surface area contributed by atoms with Gasteiger partial charge in [-0.2, -0.15) is 10.4 Å². The van der Waals surface area contributed by atoms with E-state index in [0.29, 0.717) is 23.7 Å². The average Bonchev–Trinajstić information content (AvgIpc) is 3.46. The molecule has 2 saturated heterocycles. The zero-order chi connectivity index (χ0) is 21.1. The number of thiazole rings is 1. The standard InChI is InChI=1S/C23H23N7S/c1-29-12-15-6-13(5-14(10-24)22(15)28-29)19-9-21-20(11-25-19)27-23(31-21)30(2)18-7-16-3-4-17(8-18)26-16/h5-6,9,11-12,16-18,26H,3-4,7-8H2,1-2H3. The Morgan fingerprint density at radius 3 is 2.81 bits per heavy atom. The summed E-state index contributed by atoms with van der Waals surface area (Å²) in [5, 5.41) is 19.7. The number of aryl methyl sites for hydroxylation is 1. The quantitative estimate of drug-likeness (QED) is 0.533. The minimum Gasteiger partial charge on any atom is -0.348 e. The van der Waals surface area contributed by atoms with E-state index in [0.717, 1.165) is 37.5 Å². The molecule has 0 amide bonds. The number of fused-ring (bicyclic) bond motifs is 4. The summed E-state index contributed by atoms with van der Waals surface area (Å²) in [7, 11) is 4.05. The summed E-state index contributed by atoms with van der Waals surface area (Å²) < 4.78 is 2.86. The molecule has 2 bridgehead atoms. The van der Waals surface area contributed by atoms with Crippen molar-refractivity contribution in [2.75, 3.05) is 11.9 Å². The molecule has 1 N–H and O–H groups in total. The molecule has 4 aromatic rings.